The summed E-state index contributed by atoms with van der Waals surface area (Å²) in [5, 5.41) is 7.22. The molecule has 3 atom stereocenters. The van der Waals surface area contributed by atoms with E-state index in [9.17, 15) is 0 Å². The van der Waals surface area contributed by atoms with Crippen LogP contribution in [0.1, 0.15) is 40.5 Å². The molecule has 3 unspecified atom stereocenters. The summed E-state index contributed by atoms with van der Waals surface area (Å²) in [6.07, 6.45) is 2.36. The standard InChI is InChI=1S/C12H26N2OS/c1-6-9(2)7-10(3)13-12(16)14-11(4)8-15-5/h9-11H,6-8H2,1-5H3,(H2,13,14,16). The van der Waals surface area contributed by atoms with Gasteiger partial charge in [0, 0.05) is 19.2 Å². The van der Waals surface area contributed by atoms with Crippen LogP contribution in [0, 0.1) is 5.92 Å². The first kappa shape index (κ1) is 15.7. The number of nitrogens with one attached hydrogen (secondary N) is 2. The Morgan fingerprint density at radius 2 is 1.75 bits per heavy atom. The maximum atomic E-state index is 5.23. The number of rotatable bonds is 7. The Morgan fingerprint density at radius 3 is 2.25 bits per heavy atom. The molecular formula is C12H26N2OS. The van der Waals surface area contributed by atoms with Crippen LogP contribution in [0.25, 0.3) is 0 Å². The summed E-state index contributed by atoms with van der Waals surface area (Å²) in [7, 11) is 1.69. The van der Waals surface area contributed by atoms with Gasteiger partial charge in [-0.15, -0.1) is 0 Å². The van der Waals surface area contributed by atoms with Gasteiger partial charge in [-0.3, -0.25) is 0 Å². The van der Waals surface area contributed by atoms with Gasteiger partial charge in [-0.1, -0.05) is 20.3 Å². The van der Waals surface area contributed by atoms with Crippen molar-refractivity contribution in [3.63, 3.8) is 0 Å². The van der Waals surface area contributed by atoms with Crippen molar-refractivity contribution >= 4 is 17.3 Å². The molecule has 4 heteroatoms. The summed E-state index contributed by atoms with van der Waals surface area (Å²) in [5.74, 6) is 0.738. The Labute approximate surface area is 105 Å². The molecule has 0 amide bonds. The molecule has 0 aliphatic heterocycles. The molecule has 0 radical (unpaired) electrons. The molecule has 0 aliphatic rings. The third kappa shape index (κ3) is 7.88. The molecule has 0 rings (SSSR count). The molecule has 96 valence electrons. The van der Waals surface area contributed by atoms with Crippen LogP contribution < -0.4 is 10.6 Å². The quantitative estimate of drug-likeness (QED) is 0.675. The summed E-state index contributed by atoms with van der Waals surface area (Å²) in [6, 6.07) is 0.672. The van der Waals surface area contributed by atoms with Gasteiger partial charge in [0.25, 0.3) is 0 Å². The van der Waals surface area contributed by atoms with Crippen LogP contribution in [0.15, 0.2) is 0 Å². The van der Waals surface area contributed by atoms with E-state index in [1.807, 2.05) is 0 Å². The van der Waals surface area contributed by atoms with Crippen LogP contribution in [0.4, 0.5) is 0 Å². The Bertz CT molecular complexity index is 199. The van der Waals surface area contributed by atoms with E-state index < -0.39 is 0 Å². The Balaban J connectivity index is 3.77. The zero-order valence-electron chi connectivity index (χ0n) is 11.2. The minimum absolute atomic E-state index is 0.251. The normalized spacial score (nSPS) is 16.3. The predicted octanol–water partition coefficient (Wildman–Crippen LogP) is 2.31. The fraction of sp³-hybridized carbons (Fsp3) is 0.917. The van der Waals surface area contributed by atoms with Crippen molar-refractivity contribution < 1.29 is 4.74 Å². The Morgan fingerprint density at radius 1 is 1.19 bits per heavy atom. The minimum Gasteiger partial charge on any atom is -0.383 e. The van der Waals surface area contributed by atoms with E-state index in [-0.39, 0.29) is 6.04 Å². The smallest absolute Gasteiger partial charge is 0.166 e. The predicted molar refractivity (Wildman–Crippen MR) is 73.7 cm³/mol. The summed E-state index contributed by atoms with van der Waals surface area (Å²) in [4.78, 5) is 0. The van der Waals surface area contributed by atoms with Crippen molar-refractivity contribution in [1.29, 1.82) is 0 Å². The highest BCUT2D eigenvalue weighted by molar-refractivity contribution is 7.80. The van der Waals surface area contributed by atoms with Crippen molar-refractivity contribution in [2.24, 2.45) is 5.92 Å². The van der Waals surface area contributed by atoms with E-state index >= 15 is 0 Å². The summed E-state index contributed by atoms with van der Waals surface area (Å²) < 4.78 is 5.04. The van der Waals surface area contributed by atoms with E-state index in [1.54, 1.807) is 7.11 Å². The lowest BCUT2D eigenvalue weighted by molar-refractivity contribution is 0.179. The second-order valence-electron chi connectivity index (χ2n) is 4.62. The lowest BCUT2D eigenvalue weighted by Gasteiger charge is -2.22. The van der Waals surface area contributed by atoms with E-state index in [4.69, 9.17) is 17.0 Å². The van der Waals surface area contributed by atoms with Gasteiger partial charge in [-0.05, 0) is 38.4 Å². The van der Waals surface area contributed by atoms with Gasteiger partial charge in [0.05, 0.1) is 6.61 Å². The number of hydrogen-bond donors (Lipinski definition) is 2. The molecule has 0 bridgehead atoms. The monoisotopic (exact) mass is 246 g/mol. The molecule has 0 aromatic heterocycles. The lowest BCUT2D eigenvalue weighted by atomic mass is 10.0. The van der Waals surface area contributed by atoms with Gasteiger partial charge in [0.15, 0.2) is 5.11 Å². The van der Waals surface area contributed by atoms with Crippen LogP contribution in [0.2, 0.25) is 0 Å². The third-order valence-electron chi connectivity index (χ3n) is 2.62. The van der Waals surface area contributed by atoms with Crippen LogP contribution in [-0.4, -0.2) is 30.9 Å². The van der Waals surface area contributed by atoms with E-state index in [0.717, 1.165) is 17.5 Å². The van der Waals surface area contributed by atoms with Gasteiger partial charge in [-0.25, -0.2) is 0 Å². The molecule has 0 saturated carbocycles. The van der Waals surface area contributed by atoms with Crippen LogP contribution in [0.5, 0.6) is 0 Å². The molecule has 3 nitrogen and oxygen atoms in total. The van der Waals surface area contributed by atoms with E-state index in [2.05, 4.69) is 38.3 Å². The second kappa shape index (κ2) is 8.76. The highest BCUT2D eigenvalue weighted by atomic mass is 32.1. The zero-order valence-corrected chi connectivity index (χ0v) is 12.0. The van der Waals surface area contributed by atoms with Crippen molar-refractivity contribution in [3.05, 3.63) is 0 Å². The van der Waals surface area contributed by atoms with Gasteiger partial charge < -0.3 is 15.4 Å². The van der Waals surface area contributed by atoms with Gasteiger partial charge in [-0.2, -0.15) is 0 Å². The van der Waals surface area contributed by atoms with Crippen LogP contribution in [-0.2, 0) is 4.74 Å². The molecular weight excluding hydrogens is 220 g/mol. The van der Waals surface area contributed by atoms with Crippen molar-refractivity contribution in [2.75, 3.05) is 13.7 Å². The largest absolute Gasteiger partial charge is 0.383 e. The highest BCUT2D eigenvalue weighted by Gasteiger charge is 2.09. The second-order valence-corrected chi connectivity index (χ2v) is 5.03. The van der Waals surface area contributed by atoms with Gasteiger partial charge in [0.2, 0.25) is 0 Å². The fourth-order valence-electron chi connectivity index (χ4n) is 1.61. The molecule has 16 heavy (non-hydrogen) atoms. The minimum atomic E-state index is 0.251. The zero-order chi connectivity index (χ0) is 12.6. The average molecular weight is 246 g/mol. The SMILES string of the molecule is CCC(C)CC(C)NC(=S)NC(C)COC. The number of methoxy groups -OCH3 is 1. The van der Waals surface area contributed by atoms with Crippen molar-refractivity contribution in [1.82, 2.24) is 10.6 Å². The lowest BCUT2D eigenvalue weighted by Crippen LogP contribution is -2.45. The van der Waals surface area contributed by atoms with Gasteiger partial charge in [0.1, 0.15) is 0 Å². The Kier molecular flexibility index (Phi) is 8.57. The number of thiocarbonyl (C=S) groups is 1. The number of hydrogen-bond acceptors (Lipinski definition) is 2. The maximum absolute atomic E-state index is 5.23. The molecule has 0 spiro atoms. The van der Waals surface area contributed by atoms with E-state index in [0.29, 0.717) is 12.6 Å². The van der Waals surface area contributed by atoms with Crippen LogP contribution in [0.3, 0.4) is 0 Å². The first-order chi connectivity index (χ1) is 7.49. The molecule has 0 fully saturated rings. The molecule has 0 saturated heterocycles. The van der Waals surface area contributed by atoms with E-state index in [1.165, 1.54) is 6.42 Å². The topological polar surface area (TPSA) is 33.3 Å². The first-order valence-corrected chi connectivity index (χ1v) is 6.46. The average Bonchev–Trinajstić information content (AvgIpc) is 2.16. The number of ether oxygens (including phenoxy) is 1. The molecule has 0 aromatic rings. The summed E-state index contributed by atoms with van der Waals surface area (Å²) >= 11 is 5.23. The maximum Gasteiger partial charge on any atom is 0.166 e. The Hall–Kier alpha value is -0.350. The van der Waals surface area contributed by atoms with Gasteiger partial charge >= 0.3 is 0 Å². The highest BCUT2D eigenvalue weighted by Crippen LogP contribution is 2.09. The summed E-state index contributed by atoms with van der Waals surface area (Å²) in [6.45, 7) is 9.37. The van der Waals surface area contributed by atoms with Crippen molar-refractivity contribution in [3.8, 4) is 0 Å². The molecule has 2 N–H and O–H groups in total. The molecule has 0 aromatic carbocycles. The summed E-state index contributed by atoms with van der Waals surface area (Å²) in [5.41, 5.74) is 0. The fourth-order valence-corrected chi connectivity index (χ4v) is 2.01. The molecule has 0 heterocycles. The first-order valence-electron chi connectivity index (χ1n) is 6.05. The third-order valence-corrected chi connectivity index (χ3v) is 2.86. The van der Waals surface area contributed by atoms with Crippen molar-refractivity contribution in [2.45, 2.75) is 52.6 Å². The van der Waals surface area contributed by atoms with Crippen LogP contribution >= 0.6 is 12.2 Å². The molecule has 0 aliphatic carbocycles.